The van der Waals surface area contributed by atoms with Gasteiger partial charge in [-0.2, -0.15) is 5.10 Å². The fourth-order valence-corrected chi connectivity index (χ4v) is 3.10. The van der Waals surface area contributed by atoms with Crippen molar-refractivity contribution in [3.8, 4) is 0 Å². The molecule has 0 radical (unpaired) electrons. The van der Waals surface area contributed by atoms with Crippen molar-refractivity contribution in [3.05, 3.63) is 71.3 Å². The van der Waals surface area contributed by atoms with Crippen LogP contribution in [0, 0.1) is 6.92 Å². The van der Waals surface area contributed by atoms with Gasteiger partial charge in [0.2, 0.25) is 11.1 Å². The quantitative estimate of drug-likeness (QED) is 0.228. The van der Waals surface area contributed by atoms with Crippen LogP contribution in [0.5, 0.6) is 0 Å². The van der Waals surface area contributed by atoms with Gasteiger partial charge >= 0.3 is 0 Å². The highest BCUT2D eigenvalue weighted by Crippen LogP contribution is 2.16. The Hall–Kier alpha value is -3.33. The van der Waals surface area contributed by atoms with E-state index in [2.05, 4.69) is 26.0 Å². The van der Waals surface area contributed by atoms with Gasteiger partial charge in [-0.25, -0.2) is 10.1 Å². The van der Waals surface area contributed by atoms with Crippen molar-refractivity contribution in [3.63, 3.8) is 0 Å². The van der Waals surface area contributed by atoms with E-state index < -0.39 is 0 Å². The van der Waals surface area contributed by atoms with Crippen molar-refractivity contribution < 1.29 is 4.79 Å². The van der Waals surface area contributed by atoms with Crippen molar-refractivity contribution >= 4 is 29.3 Å². The lowest BCUT2D eigenvalue weighted by Crippen LogP contribution is -2.25. The van der Waals surface area contributed by atoms with E-state index in [9.17, 15) is 4.79 Å². The van der Waals surface area contributed by atoms with Crippen LogP contribution in [0.1, 0.15) is 23.6 Å². The summed E-state index contributed by atoms with van der Waals surface area (Å²) >= 11 is 1.21. The number of aryl methyl sites for hydroxylation is 1. The van der Waals surface area contributed by atoms with E-state index in [1.807, 2.05) is 68.4 Å². The van der Waals surface area contributed by atoms with E-state index in [1.165, 1.54) is 22.0 Å². The van der Waals surface area contributed by atoms with Crippen LogP contribution in [0.3, 0.4) is 0 Å². The molecule has 0 saturated heterocycles. The Bertz CT molecular complexity index is 984. The molecule has 1 amide bonds. The molecule has 1 aromatic heterocycles. The number of amides is 1. The minimum absolute atomic E-state index is 0.106. The predicted octanol–water partition coefficient (Wildman–Crippen LogP) is 2.54. The number of nitrogen functional groups attached to an aromatic ring is 1. The molecule has 0 aliphatic carbocycles. The number of carbonyl (C=O) groups excluding carboxylic acids is 1. The molecule has 29 heavy (non-hydrogen) atoms. The Morgan fingerprint density at radius 2 is 1.86 bits per heavy atom. The zero-order valence-corrected chi connectivity index (χ0v) is 17.1. The van der Waals surface area contributed by atoms with Gasteiger partial charge in [-0.05, 0) is 25.0 Å². The summed E-state index contributed by atoms with van der Waals surface area (Å²) in [6.45, 7) is 4.39. The van der Waals surface area contributed by atoms with Crippen molar-refractivity contribution in [1.29, 1.82) is 0 Å². The summed E-state index contributed by atoms with van der Waals surface area (Å²) in [5.74, 6) is 6.38. The Labute approximate surface area is 173 Å². The first-order valence-corrected chi connectivity index (χ1v) is 10.0. The number of nitrogens with two attached hydrogens (primary N) is 1. The van der Waals surface area contributed by atoms with Gasteiger partial charge in [0.15, 0.2) is 0 Å². The number of nitrogens with zero attached hydrogens (tertiary/aromatic N) is 4. The molecule has 2 aromatic carbocycles. The molecule has 0 unspecified atom stereocenters. The fraction of sp³-hybridized carbons (Fsp3) is 0.200. The highest BCUT2D eigenvalue weighted by molar-refractivity contribution is 7.99. The average molecular weight is 410 g/mol. The molecule has 0 bridgehead atoms. The molecule has 0 aliphatic rings. The lowest BCUT2D eigenvalue weighted by atomic mass is 10.1. The second-order valence-electron chi connectivity index (χ2n) is 6.40. The second kappa shape index (κ2) is 9.74. The summed E-state index contributed by atoms with van der Waals surface area (Å²) in [4.78, 5) is 12.1. The standard InChI is InChI=1S/C20H23N7OS/c1-14-8-10-16(11-9-14)12-22-18(28)13-29-20-26-25-19(27(20)21)24-23-15(2)17-6-4-3-5-7-17/h3-11H,12-13,21H2,1-2H3,(H,22,28)(H,24,25)/b23-15+. The lowest BCUT2D eigenvalue weighted by Gasteiger charge is -2.06. The number of hydrazone groups is 1. The van der Waals surface area contributed by atoms with E-state index in [0.717, 1.165) is 16.8 Å². The predicted molar refractivity (Wildman–Crippen MR) is 116 cm³/mol. The third-order valence-electron chi connectivity index (χ3n) is 4.12. The molecule has 4 N–H and O–H groups in total. The summed E-state index contributed by atoms with van der Waals surface area (Å²) < 4.78 is 1.28. The number of hydrogen-bond donors (Lipinski definition) is 3. The lowest BCUT2D eigenvalue weighted by molar-refractivity contribution is -0.118. The Kier molecular flexibility index (Phi) is 6.85. The van der Waals surface area contributed by atoms with E-state index >= 15 is 0 Å². The molecular weight excluding hydrogens is 386 g/mol. The minimum atomic E-state index is -0.106. The molecule has 0 spiro atoms. The van der Waals surface area contributed by atoms with E-state index in [0.29, 0.717) is 17.6 Å². The molecule has 0 saturated carbocycles. The van der Waals surface area contributed by atoms with Gasteiger partial charge in [-0.15, -0.1) is 10.2 Å². The SMILES string of the molecule is C/C(=N\Nc1nnc(SCC(=O)NCc2ccc(C)cc2)n1N)c1ccccc1. The Morgan fingerprint density at radius 1 is 1.14 bits per heavy atom. The van der Waals surface area contributed by atoms with Gasteiger partial charge < -0.3 is 11.2 Å². The highest BCUT2D eigenvalue weighted by Gasteiger charge is 2.12. The molecule has 3 rings (SSSR count). The first-order valence-electron chi connectivity index (χ1n) is 9.04. The summed E-state index contributed by atoms with van der Waals surface area (Å²) in [5.41, 5.74) is 6.82. The van der Waals surface area contributed by atoms with Gasteiger partial charge in [-0.3, -0.25) is 4.79 Å². The van der Waals surface area contributed by atoms with Crippen LogP contribution >= 0.6 is 11.8 Å². The molecular formula is C20H23N7OS. The average Bonchev–Trinajstić information content (AvgIpc) is 3.10. The van der Waals surface area contributed by atoms with Crippen LogP contribution in [0.25, 0.3) is 0 Å². The number of carbonyl (C=O) groups is 1. The normalized spacial score (nSPS) is 11.3. The van der Waals surface area contributed by atoms with Gasteiger partial charge in [0.25, 0.3) is 5.95 Å². The maximum atomic E-state index is 12.1. The molecule has 3 aromatic rings. The second-order valence-corrected chi connectivity index (χ2v) is 7.34. The third-order valence-corrected chi connectivity index (χ3v) is 5.07. The summed E-state index contributed by atoms with van der Waals surface area (Å²) in [7, 11) is 0. The van der Waals surface area contributed by atoms with Gasteiger partial charge in [0.1, 0.15) is 0 Å². The molecule has 8 nitrogen and oxygen atoms in total. The van der Waals surface area contributed by atoms with Gasteiger partial charge in [0.05, 0.1) is 11.5 Å². The van der Waals surface area contributed by atoms with E-state index in [-0.39, 0.29) is 11.7 Å². The number of aromatic nitrogens is 3. The van der Waals surface area contributed by atoms with Gasteiger partial charge in [0, 0.05) is 6.54 Å². The fourth-order valence-electron chi connectivity index (χ4n) is 2.42. The number of benzene rings is 2. The maximum absolute atomic E-state index is 12.1. The molecule has 1 heterocycles. The zero-order valence-electron chi connectivity index (χ0n) is 16.3. The third kappa shape index (κ3) is 5.82. The largest absolute Gasteiger partial charge is 0.351 e. The summed E-state index contributed by atoms with van der Waals surface area (Å²) in [5, 5.41) is 15.6. The Morgan fingerprint density at radius 3 is 2.59 bits per heavy atom. The van der Waals surface area contributed by atoms with Crippen LogP contribution in [0.2, 0.25) is 0 Å². The number of thioether (sulfide) groups is 1. The monoisotopic (exact) mass is 409 g/mol. The summed E-state index contributed by atoms with van der Waals surface area (Å²) in [6, 6.07) is 17.8. The smallest absolute Gasteiger partial charge is 0.264 e. The molecule has 150 valence electrons. The molecule has 0 fully saturated rings. The van der Waals surface area contributed by atoms with Gasteiger partial charge in [-0.1, -0.05) is 71.9 Å². The Balaban J connectivity index is 1.50. The van der Waals surface area contributed by atoms with E-state index in [4.69, 9.17) is 5.84 Å². The molecule has 9 heteroatoms. The maximum Gasteiger partial charge on any atom is 0.264 e. The molecule has 0 atom stereocenters. The first kappa shape index (κ1) is 20.4. The van der Waals surface area contributed by atoms with Crippen LogP contribution in [0.15, 0.2) is 64.9 Å². The van der Waals surface area contributed by atoms with Crippen molar-refractivity contribution in [2.75, 3.05) is 17.0 Å². The highest BCUT2D eigenvalue weighted by atomic mass is 32.2. The topological polar surface area (TPSA) is 110 Å². The van der Waals surface area contributed by atoms with E-state index in [1.54, 1.807) is 0 Å². The van der Waals surface area contributed by atoms with Crippen LogP contribution in [-0.2, 0) is 11.3 Å². The number of hydrogen-bond acceptors (Lipinski definition) is 7. The number of rotatable bonds is 8. The van der Waals surface area contributed by atoms with Crippen molar-refractivity contribution in [2.24, 2.45) is 5.10 Å². The minimum Gasteiger partial charge on any atom is -0.351 e. The van der Waals surface area contributed by atoms with Crippen LogP contribution < -0.4 is 16.6 Å². The van der Waals surface area contributed by atoms with Crippen molar-refractivity contribution in [1.82, 2.24) is 20.2 Å². The first-order chi connectivity index (χ1) is 14.0. The number of nitrogens with one attached hydrogen (secondary N) is 2. The van der Waals surface area contributed by atoms with Crippen LogP contribution in [-0.4, -0.2) is 32.2 Å². The molecule has 0 aliphatic heterocycles. The zero-order chi connectivity index (χ0) is 20.6. The van der Waals surface area contributed by atoms with Crippen LogP contribution in [0.4, 0.5) is 5.95 Å². The summed E-state index contributed by atoms with van der Waals surface area (Å²) in [6.07, 6.45) is 0. The van der Waals surface area contributed by atoms with Crippen molar-refractivity contribution in [2.45, 2.75) is 25.5 Å². The number of anilines is 1.